The summed E-state index contributed by atoms with van der Waals surface area (Å²) in [5.41, 5.74) is 2.23. The van der Waals surface area contributed by atoms with Gasteiger partial charge < -0.3 is 9.80 Å². The quantitative estimate of drug-likeness (QED) is 0.566. The number of non-ortho nitro benzene ring substituents is 1. The Hall–Kier alpha value is -3.22. The fourth-order valence-electron chi connectivity index (χ4n) is 3.35. The van der Waals surface area contributed by atoms with E-state index in [-0.39, 0.29) is 23.5 Å². The number of likely N-dealkylation sites (tertiary alicyclic amines) is 1. The lowest BCUT2D eigenvalue weighted by Gasteiger charge is -2.25. The van der Waals surface area contributed by atoms with Crippen LogP contribution >= 0.6 is 0 Å². The molecule has 1 aliphatic rings. The molecule has 3 rings (SSSR count). The van der Waals surface area contributed by atoms with Crippen LogP contribution in [-0.4, -0.2) is 40.1 Å². The maximum atomic E-state index is 12.8. The molecular formula is C21H23N3O4. The molecule has 0 N–H and O–H groups in total. The number of nitro benzene ring substituents is 1. The van der Waals surface area contributed by atoms with Crippen LogP contribution in [0, 0.1) is 10.1 Å². The molecule has 0 bridgehead atoms. The average Bonchev–Trinajstić information content (AvgIpc) is 3.11. The molecule has 28 heavy (non-hydrogen) atoms. The summed E-state index contributed by atoms with van der Waals surface area (Å²) in [7, 11) is 1.68. The van der Waals surface area contributed by atoms with Gasteiger partial charge in [0.25, 0.3) is 11.6 Å². The second kappa shape index (κ2) is 8.21. The van der Waals surface area contributed by atoms with Gasteiger partial charge in [0, 0.05) is 44.3 Å². The van der Waals surface area contributed by atoms with Gasteiger partial charge in [0.1, 0.15) is 0 Å². The first-order chi connectivity index (χ1) is 13.4. The largest absolute Gasteiger partial charge is 0.338 e. The minimum atomic E-state index is -0.443. The number of benzene rings is 2. The van der Waals surface area contributed by atoms with Crippen molar-refractivity contribution in [1.82, 2.24) is 9.80 Å². The van der Waals surface area contributed by atoms with E-state index >= 15 is 0 Å². The van der Waals surface area contributed by atoms with Gasteiger partial charge in [-0.25, -0.2) is 0 Å². The Balaban J connectivity index is 1.69. The van der Waals surface area contributed by atoms with Crippen molar-refractivity contribution in [2.45, 2.75) is 32.4 Å². The molecule has 2 aromatic carbocycles. The van der Waals surface area contributed by atoms with Gasteiger partial charge in [0.15, 0.2) is 0 Å². The van der Waals surface area contributed by atoms with E-state index in [1.807, 2.05) is 24.0 Å². The summed E-state index contributed by atoms with van der Waals surface area (Å²) in [5, 5.41) is 11.0. The highest BCUT2D eigenvalue weighted by Gasteiger charge is 2.22. The molecule has 2 amide bonds. The number of amides is 2. The zero-order valence-electron chi connectivity index (χ0n) is 16.0. The first kappa shape index (κ1) is 19.5. The summed E-state index contributed by atoms with van der Waals surface area (Å²) in [6.07, 6.45) is 1.51. The van der Waals surface area contributed by atoms with Crippen LogP contribution in [0.2, 0.25) is 0 Å². The third-order valence-electron chi connectivity index (χ3n) is 5.21. The van der Waals surface area contributed by atoms with Gasteiger partial charge in [-0.3, -0.25) is 19.7 Å². The van der Waals surface area contributed by atoms with Crippen LogP contribution in [0.15, 0.2) is 48.5 Å². The first-order valence-electron chi connectivity index (χ1n) is 9.25. The summed E-state index contributed by atoms with van der Waals surface area (Å²) < 4.78 is 0. The molecule has 7 heteroatoms. The number of rotatable bonds is 6. The lowest BCUT2D eigenvalue weighted by atomic mass is 10.0. The normalized spacial score (nSPS) is 14.8. The second-order valence-corrected chi connectivity index (χ2v) is 7.06. The first-order valence-corrected chi connectivity index (χ1v) is 9.25. The number of nitro groups is 1. The molecule has 0 radical (unpaired) electrons. The SMILES string of the molecule is C[C@H](c1cccc([N+](=O)[O-])c1)N(C)C(=O)c1ccc(CN2CCCC2=O)cc1. The summed E-state index contributed by atoms with van der Waals surface area (Å²) in [4.78, 5) is 38.5. The molecule has 1 aliphatic heterocycles. The zero-order valence-corrected chi connectivity index (χ0v) is 16.0. The maximum Gasteiger partial charge on any atom is 0.269 e. The molecule has 1 saturated heterocycles. The summed E-state index contributed by atoms with van der Waals surface area (Å²) in [6, 6.07) is 13.3. The van der Waals surface area contributed by atoms with Crippen molar-refractivity contribution >= 4 is 17.5 Å². The van der Waals surface area contributed by atoms with Gasteiger partial charge in [-0.2, -0.15) is 0 Å². The Morgan fingerprint density at radius 2 is 1.96 bits per heavy atom. The van der Waals surface area contributed by atoms with E-state index in [9.17, 15) is 19.7 Å². The Labute approximate surface area is 163 Å². The molecule has 2 aromatic rings. The minimum Gasteiger partial charge on any atom is -0.338 e. The third kappa shape index (κ3) is 4.19. The van der Waals surface area contributed by atoms with E-state index in [1.54, 1.807) is 36.2 Å². The number of carbonyl (C=O) groups excluding carboxylic acids is 2. The molecular weight excluding hydrogens is 358 g/mol. The van der Waals surface area contributed by atoms with Crippen LogP contribution in [-0.2, 0) is 11.3 Å². The monoisotopic (exact) mass is 381 g/mol. The zero-order chi connectivity index (χ0) is 20.3. The highest BCUT2D eigenvalue weighted by Crippen LogP contribution is 2.24. The van der Waals surface area contributed by atoms with Crippen molar-refractivity contribution in [3.63, 3.8) is 0 Å². The van der Waals surface area contributed by atoms with E-state index in [0.717, 1.165) is 18.5 Å². The lowest BCUT2D eigenvalue weighted by molar-refractivity contribution is -0.384. The van der Waals surface area contributed by atoms with Crippen LogP contribution in [0.25, 0.3) is 0 Å². The van der Waals surface area contributed by atoms with Crippen LogP contribution < -0.4 is 0 Å². The van der Waals surface area contributed by atoms with E-state index < -0.39 is 4.92 Å². The number of carbonyl (C=O) groups is 2. The van der Waals surface area contributed by atoms with E-state index in [0.29, 0.717) is 24.1 Å². The van der Waals surface area contributed by atoms with Crippen molar-refractivity contribution in [3.05, 3.63) is 75.3 Å². The molecule has 0 spiro atoms. The van der Waals surface area contributed by atoms with Gasteiger partial charge >= 0.3 is 0 Å². The fourth-order valence-corrected chi connectivity index (χ4v) is 3.35. The molecule has 1 heterocycles. The molecule has 146 valence electrons. The molecule has 0 unspecified atom stereocenters. The molecule has 1 fully saturated rings. The maximum absolute atomic E-state index is 12.8. The van der Waals surface area contributed by atoms with Gasteiger partial charge in [-0.05, 0) is 36.6 Å². The highest BCUT2D eigenvalue weighted by molar-refractivity contribution is 5.94. The van der Waals surface area contributed by atoms with Gasteiger partial charge in [-0.1, -0.05) is 24.3 Å². The van der Waals surface area contributed by atoms with E-state index in [1.165, 1.54) is 12.1 Å². The number of hydrogen-bond donors (Lipinski definition) is 0. The Bertz CT molecular complexity index is 895. The topological polar surface area (TPSA) is 83.8 Å². The predicted octanol–water partition coefficient (Wildman–Crippen LogP) is 3.55. The highest BCUT2D eigenvalue weighted by atomic mass is 16.6. The lowest BCUT2D eigenvalue weighted by Crippen LogP contribution is -2.29. The molecule has 7 nitrogen and oxygen atoms in total. The van der Waals surface area contributed by atoms with Crippen molar-refractivity contribution in [2.24, 2.45) is 0 Å². The van der Waals surface area contributed by atoms with Crippen LogP contribution in [0.1, 0.15) is 47.3 Å². The van der Waals surface area contributed by atoms with Crippen LogP contribution in [0.3, 0.4) is 0 Å². The standard InChI is InChI=1S/C21H23N3O4/c1-15(18-5-3-6-19(13-18)24(27)28)22(2)21(26)17-10-8-16(9-11-17)14-23-12-4-7-20(23)25/h3,5-6,8-11,13,15H,4,7,12,14H2,1-2H3/t15-/m1/s1. The summed E-state index contributed by atoms with van der Waals surface area (Å²) in [5.74, 6) is 0.00784. The number of nitrogens with zero attached hydrogens (tertiary/aromatic N) is 3. The summed E-state index contributed by atoms with van der Waals surface area (Å²) >= 11 is 0. The van der Waals surface area contributed by atoms with Gasteiger partial charge in [-0.15, -0.1) is 0 Å². The van der Waals surface area contributed by atoms with E-state index in [2.05, 4.69) is 0 Å². The van der Waals surface area contributed by atoms with Crippen molar-refractivity contribution < 1.29 is 14.5 Å². The van der Waals surface area contributed by atoms with Crippen LogP contribution in [0.5, 0.6) is 0 Å². The Kier molecular flexibility index (Phi) is 5.73. The molecule has 0 aromatic heterocycles. The number of hydrogen-bond acceptors (Lipinski definition) is 4. The third-order valence-corrected chi connectivity index (χ3v) is 5.21. The molecule has 0 saturated carbocycles. The Morgan fingerprint density at radius 3 is 2.57 bits per heavy atom. The van der Waals surface area contributed by atoms with Gasteiger partial charge in [0.05, 0.1) is 11.0 Å². The van der Waals surface area contributed by atoms with Crippen molar-refractivity contribution in [3.8, 4) is 0 Å². The predicted molar refractivity (Wildman–Crippen MR) is 105 cm³/mol. The van der Waals surface area contributed by atoms with Crippen molar-refractivity contribution in [1.29, 1.82) is 0 Å². The Morgan fingerprint density at radius 1 is 1.25 bits per heavy atom. The van der Waals surface area contributed by atoms with Crippen LogP contribution in [0.4, 0.5) is 5.69 Å². The van der Waals surface area contributed by atoms with Gasteiger partial charge in [0.2, 0.25) is 5.91 Å². The minimum absolute atomic E-state index is 0.00557. The molecule has 0 aliphatic carbocycles. The van der Waals surface area contributed by atoms with E-state index in [4.69, 9.17) is 0 Å². The smallest absolute Gasteiger partial charge is 0.269 e. The average molecular weight is 381 g/mol. The fraction of sp³-hybridized carbons (Fsp3) is 0.333. The molecule has 1 atom stereocenters. The summed E-state index contributed by atoms with van der Waals surface area (Å²) in [6.45, 7) is 3.18. The van der Waals surface area contributed by atoms with Crippen molar-refractivity contribution in [2.75, 3.05) is 13.6 Å². The second-order valence-electron chi connectivity index (χ2n) is 7.06.